The molecule has 18 heavy (non-hydrogen) atoms. The van der Waals surface area contributed by atoms with E-state index in [2.05, 4.69) is 9.72 Å². The molecule has 0 radical (unpaired) electrons. The second-order valence-corrected chi connectivity index (χ2v) is 3.07. The molecule has 4 nitrogen and oxygen atoms in total. The Morgan fingerprint density at radius 1 is 1.44 bits per heavy atom. The minimum atomic E-state index is -5.16. The van der Waals surface area contributed by atoms with Crippen LogP contribution in [0.5, 0.6) is 5.75 Å². The first-order valence-corrected chi connectivity index (χ1v) is 4.51. The van der Waals surface area contributed by atoms with Crippen LogP contribution in [0.3, 0.4) is 0 Å². The van der Waals surface area contributed by atoms with Gasteiger partial charge in [-0.25, -0.2) is 8.78 Å². The minimum absolute atomic E-state index is 0.0279. The van der Waals surface area contributed by atoms with Gasteiger partial charge in [0.15, 0.2) is 12.0 Å². The van der Waals surface area contributed by atoms with Crippen molar-refractivity contribution in [3.63, 3.8) is 0 Å². The number of hydrogen-bond donors (Lipinski definition) is 1. The number of pyridine rings is 1. The fraction of sp³-hybridized carbons (Fsp3) is 0.333. The van der Waals surface area contributed by atoms with Crippen LogP contribution >= 0.6 is 0 Å². The Hall–Kier alpha value is -1.77. The summed E-state index contributed by atoms with van der Waals surface area (Å²) < 4.78 is 64.8. The highest BCUT2D eigenvalue weighted by Gasteiger charge is 2.34. The van der Waals surface area contributed by atoms with Crippen molar-refractivity contribution in [2.75, 3.05) is 0 Å². The van der Waals surface area contributed by atoms with Gasteiger partial charge in [0.1, 0.15) is 0 Å². The van der Waals surface area contributed by atoms with E-state index in [1.165, 1.54) is 0 Å². The number of rotatable bonds is 4. The van der Waals surface area contributed by atoms with E-state index in [1.54, 1.807) is 0 Å². The molecule has 0 aliphatic carbocycles. The maximum Gasteiger partial charge on any atom is 0.573 e. The first-order chi connectivity index (χ1) is 8.30. The Kier molecular flexibility index (Phi) is 4.17. The number of halogens is 5. The summed E-state index contributed by atoms with van der Waals surface area (Å²) in [6, 6.07) is 0. The van der Waals surface area contributed by atoms with E-state index in [4.69, 9.17) is 5.73 Å². The second kappa shape index (κ2) is 5.25. The Balaban J connectivity index is 3.39. The molecule has 0 bridgehead atoms. The van der Waals surface area contributed by atoms with E-state index in [0.717, 1.165) is 0 Å². The Morgan fingerprint density at radius 3 is 2.44 bits per heavy atom. The van der Waals surface area contributed by atoms with E-state index in [0.29, 0.717) is 6.20 Å². The smallest absolute Gasteiger partial charge is 0.404 e. The lowest BCUT2D eigenvalue weighted by atomic mass is 10.1. The van der Waals surface area contributed by atoms with E-state index < -0.39 is 29.7 Å². The second-order valence-electron chi connectivity index (χ2n) is 3.07. The van der Waals surface area contributed by atoms with E-state index in [1.807, 2.05) is 0 Å². The van der Waals surface area contributed by atoms with Crippen molar-refractivity contribution in [3.05, 3.63) is 23.0 Å². The highest BCUT2D eigenvalue weighted by molar-refractivity contribution is 5.80. The topological polar surface area (TPSA) is 65.2 Å². The Bertz CT molecular complexity index is 447. The zero-order valence-corrected chi connectivity index (χ0v) is 8.67. The molecule has 0 aromatic carbocycles. The zero-order chi connectivity index (χ0) is 13.9. The molecule has 1 heterocycles. The van der Waals surface area contributed by atoms with Crippen molar-refractivity contribution < 1.29 is 31.5 Å². The number of nitrogens with zero attached hydrogens (tertiary/aromatic N) is 1. The monoisotopic (exact) mass is 270 g/mol. The van der Waals surface area contributed by atoms with Crippen molar-refractivity contribution in [3.8, 4) is 5.75 Å². The van der Waals surface area contributed by atoms with E-state index in [-0.39, 0.29) is 18.5 Å². The molecule has 0 amide bonds. The molecular formula is C9H7F5N2O2. The van der Waals surface area contributed by atoms with Crippen molar-refractivity contribution in [1.82, 2.24) is 4.98 Å². The van der Waals surface area contributed by atoms with Gasteiger partial charge in [-0.15, -0.1) is 13.2 Å². The van der Waals surface area contributed by atoms with Crippen LogP contribution < -0.4 is 10.5 Å². The third kappa shape index (κ3) is 3.13. The van der Waals surface area contributed by atoms with Crippen LogP contribution in [0.1, 0.15) is 28.0 Å². The van der Waals surface area contributed by atoms with Gasteiger partial charge in [-0.2, -0.15) is 0 Å². The highest BCUT2D eigenvalue weighted by atomic mass is 19.4. The summed E-state index contributed by atoms with van der Waals surface area (Å²) >= 11 is 0. The van der Waals surface area contributed by atoms with Crippen LogP contribution in [0, 0.1) is 0 Å². The molecule has 100 valence electrons. The predicted molar refractivity (Wildman–Crippen MR) is 49.2 cm³/mol. The van der Waals surface area contributed by atoms with Crippen LogP contribution in [0.15, 0.2) is 6.20 Å². The summed E-state index contributed by atoms with van der Waals surface area (Å²) in [4.78, 5) is 14.0. The molecule has 2 N–H and O–H groups in total. The third-order valence-corrected chi connectivity index (χ3v) is 1.96. The largest absolute Gasteiger partial charge is 0.573 e. The standard InChI is InChI=1S/C9H7F5N2O2/c10-8(11)7-4(3-17)5(1-15)16-2-6(7)18-9(12,13)14/h2-3,8H,1,15H2. The summed E-state index contributed by atoms with van der Waals surface area (Å²) in [5.41, 5.74) is 3.06. The van der Waals surface area contributed by atoms with Gasteiger partial charge in [0.25, 0.3) is 6.43 Å². The van der Waals surface area contributed by atoms with E-state index in [9.17, 15) is 26.7 Å². The fourth-order valence-corrected chi connectivity index (χ4v) is 1.29. The Labute approximate surface area is 97.6 Å². The van der Waals surface area contributed by atoms with Gasteiger partial charge in [-0.1, -0.05) is 0 Å². The number of alkyl halides is 5. The molecule has 0 aliphatic heterocycles. The summed E-state index contributed by atoms with van der Waals surface area (Å²) in [5.74, 6) is -1.21. The molecule has 0 saturated carbocycles. The van der Waals surface area contributed by atoms with Crippen molar-refractivity contribution >= 4 is 6.29 Å². The summed E-state index contributed by atoms with van der Waals surface area (Å²) in [6.07, 6.45) is -8.05. The van der Waals surface area contributed by atoms with Crippen LogP contribution in [-0.2, 0) is 6.54 Å². The van der Waals surface area contributed by atoms with Gasteiger partial charge < -0.3 is 10.5 Å². The molecule has 0 spiro atoms. The fourth-order valence-electron chi connectivity index (χ4n) is 1.29. The molecule has 0 unspecified atom stereocenters. The molecule has 1 aromatic heterocycles. The summed E-state index contributed by atoms with van der Waals surface area (Å²) in [6.45, 7) is -0.361. The minimum Gasteiger partial charge on any atom is -0.404 e. The average Bonchev–Trinajstić information content (AvgIpc) is 2.25. The normalized spacial score (nSPS) is 11.7. The lowest BCUT2D eigenvalue weighted by Gasteiger charge is -2.15. The first kappa shape index (κ1) is 14.3. The summed E-state index contributed by atoms with van der Waals surface area (Å²) in [5, 5.41) is 0. The van der Waals surface area contributed by atoms with Gasteiger partial charge in [0.2, 0.25) is 0 Å². The molecular weight excluding hydrogens is 263 g/mol. The van der Waals surface area contributed by atoms with Gasteiger partial charge in [-0.3, -0.25) is 9.78 Å². The van der Waals surface area contributed by atoms with Crippen molar-refractivity contribution in [2.24, 2.45) is 5.73 Å². The molecule has 0 atom stereocenters. The average molecular weight is 270 g/mol. The quantitative estimate of drug-likeness (QED) is 0.672. The number of ether oxygens (including phenoxy) is 1. The van der Waals surface area contributed by atoms with Gasteiger partial charge in [0.05, 0.1) is 17.5 Å². The molecule has 0 aliphatic rings. The van der Waals surface area contributed by atoms with Crippen LogP contribution in [-0.4, -0.2) is 17.6 Å². The molecule has 9 heteroatoms. The highest BCUT2D eigenvalue weighted by Crippen LogP contribution is 2.35. The maximum atomic E-state index is 12.7. The van der Waals surface area contributed by atoms with Gasteiger partial charge in [0, 0.05) is 12.1 Å². The lowest BCUT2D eigenvalue weighted by Crippen LogP contribution is -2.20. The maximum absolute atomic E-state index is 12.7. The van der Waals surface area contributed by atoms with Gasteiger partial charge >= 0.3 is 6.36 Å². The Morgan fingerprint density at radius 2 is 2.06 bits per heavy atom. The predicted octanol–water partition coefficient (Wildman–Crippen LogP) is 2.19. The van der Waals surface area contributed by atoms with Crippen LogP contribution in [0.25, 0.3) is 0 Å². The molecule has 1 rings (SSSR count). The number of carbonyl (C=O) groups is 1. The van der Waals surface area contributed by atoms with Crippen molar-refractivity contribution in [1.29, 1.82) is 0 Å². The SMILES string of the molecule is NCc1ncc(OC(F)(F)F)c(C(F)F)c1C=O. The molecule has 1 aromatic rings. The van der Waals surface area contributed by atoms with E-state index >= 15 is 0 Å². The summed E-state index contributed by atoms with van der Waals surface area (Å²) in [7, 11) is 0. The third-order valence-electron chi connectivity index (χ3n) is 1.96. The number of nitrogens with two attached hydrogens (primary N) is 1. The van der Waals surface area contributed by atoms with Crippen molar-refractivity contribution in [2.45, 2.75) is 19.3 Å². The molecule has 0 fully saturated rings. The lowest BCUT2D eigenvalue weighted by molar-refractivity contribution is -0.275. The van der Waals surface area contributed by atoms with Crippen LogP contribution in [0.2, 0.25) is 0 Å². The first-order valence-electron chi connectivity index (χ1n) is 4.51. The van der Waals surface area contributed by atoms with Crippen LogP contribution in [0.4, 0.5) is 22.0 Å². The number of hydrogen-bond acceptors (Lipinski definition) is 4. The molecule has 0 saturated heterocycles. The number of carbonyl (C=O) groups excluding carboxylic acids is 1. The zero-order valence-electron chi connectivity index (χ0n) is 8.67. The number of aldehydes is 1. The number of aromatic nitrogens is 1. The van der Waals surface area contributed by atoms with Gasteiger partial charge in [-0.05, 0) is 0 Å².